The van der Waals surface area contributed by atoms with E-state index in [1.807, 2.05) is 31.2 Å². The van der Waals surface area contributed by atoms with Gasteiger partial charge in [-0.25, -0.2) is 0 Å². The van der Waals surface area contributed by atoms with Gasteiger partial charge in [0.25, 0.3) is 5.91 Å². The number of carbonyl (C=O) groups is 2. The summed E-state index contributed by atoms with van der Waals surface area (Å²) in [5.74, 6) is 0.261. The molecule has 6 heteroatoms. The second-order valence-electron chi connectivity index (χ2n) is 8.15. The highest BCUT2D eigenvalue weighted by Gasteiger charge is 2.35. The summed E-state index contributed by atoms with van der Waals surface area (Å²) in [7, 11) is 1.59. The van der Waals surface area contributed by atoms with Gasteiger partial charge in [0.05, 0.1) is 13.4 Å². The Morgan fingerprint density at radius 2 is 1.72 bits per heavy atom. The lowest BCUT2D eigenvalue weighted by atomic mass is 10.0. The number of hydrogen-bond acceptors (Lipinski definition) is 4. The van der Waals surface area contributed by atoms with E-state index < -0.39 is 6.04 Å². The molecular weight excluding hydrogens is 404 g/mol. The van der Waals surface area contributed by atoms with Crippen molar-refractivity contribution < 1.29 is 18.7 Å². The van der Waals surface area contributed by atoms with Gasteiger partial charge in [-0.2, -0.15) is 0 Å². The number of benzene rings is 2. The van der Waals surface area contributed by atoms with Gasteiger partial charge in [-0.3, -0.25) is 14.5 Å². The number of methoxy groups -OCH3 is 1. The first-order valence-corrected chi connectivity index (χ1v) is 10.9. The first-order chi connectivity index (χ1) is 15.6. The quantitative estimate of drug-likeness (QED) is 0.568. The van der Waals surface area contributed by atoms with Gasteiger partial charge in [-0.1, -0.05) is 42.7 Å². The monoisotopic (exact) mass is 432 g/mol. The molecule has 1 aliphatic carbocycles. The van der Waals surface area contributed by atoms with E-state index in [-0.39, 0.29) is 23.6 Å². The molecule has 0 saturated heterocycles. The van der Waals surface area contributed by atoms with Crippen molar-refractivity contribution in [1.82, 2.24) is 5.32 Å². The zero-order valence-electron chi connectivity index (χ0n) is 18.4. The molecule has 4 rings (SSSR count). The van der Waals surface area contributed by atoms with Crippen LogP contribution in [0.4, 0.5) is 5.69 Å². The van der Waals surface area contributed by atoms with Crippen LogP contribution in [0.5, 0.6) is 5.75 Å². The molecule has 1 saturated carbocycles. The molecule has 0 bridgehead atoms. The Kier molecular flexibility index (Phi) is 6.59. The second kappa shape index (κ2) is 9.73. The van der Waals surface area contributed by atoms with Crippen LogP contribution in [0.15, 0.2) is 71.3 Å². The summed E-state index contributed by atoms with van der Waals surface area (Å²) in [4.78, 5) is 28.7. The molecule has 0 aliphatic heterocycles. The first kappa shape index (κ1) is 21.7. The second-order valence-corrected chi connectivity index (χ2v) is 8.15. The number of anilines is 1. The molecule has 1 atom stereocenters. The van der Waals surface area contributed by atoms with Crippen molar-refractivity contribution in [1.29, 1.82) is 0 Å². The van der Waals surface area contributed by atoms with Gasteiger partial charge < -0.3 is 14.5 Å². The van der Waals surface area contributed by atoms with Gasteiger partial charge >= 0.3 is 0 Å². The summed E-state index contributed by atoms with van der Waals surface area (Å²) in [6, 6.07) is 17.4. The number of aryl methyl sites for hydroxylation is 1. The molecule has 3 aromatic rings. The average Bonchev–Trinajstić information content (AvgIpc) is 3.52. The number of nitrogens with zero attached hydrogens (tertiary/aromatic N) is 1. The predicted octanol–water partition coefficient (Wildman–Crippen LogP) is 5.04. The molecule has 1 N–H and O–H groups in total. The predicted molar refractivity (Wildman–Crippen MR) is 123 cm³/mol. The highest BCUT2D eigenvalue weighted by molar-refractivity contribution is 6.08. The summed E-state index contributed by atoms with van der Waals surface area (Å²) in [5.41, 5.74) is 2.40. The molecular formula is C26H28N2O4. The molecule has 1 fully saturated rings. The van der Waals surface area contributed by atoms with Crippen molar-refractivity contribution in [2.45, 2.75) is 44.7 Å². The van der Waals surface area contributed by atoms with E-state index in [0.29, 0.717) is 11.4 Å². The van der Waals surface area contributed by atoms with E-state index in [0.717, 1.165) is 36.8 Å². The van der Waals surface area contributed by atoms with Gasteiger partial charge in [0.15, 0.2) is 5.76 Å². The smallest absolute Gasteiger partial charge is 0.294 e. The molecule has 1 aliphatic rings. The normalized spacial score (nSPS) is 14.7. The Labute approximate surface area is 188 Å². The number of furan rings is 1. The van der Waals surface area contributed by atoms with E-state index >= 15 is 0 Å². The summed E-state index contributed by atoms with van der Waals surface area (Å²) < 4.78 is 10.7. The summed E-state index contributed by atoms with van der Waals surface area (Å²) in [5, 5.41) is 3.18. The Balaban J connectivity index is 1.79. The topological polar surface area (TPSA) is 71.8 Å². The molecule has 1 heterocycles. The SMILES string of the molecule is COc1ccc(N(C(=O)c2ccco2)C(C(=O)NC2CCCC2)c2ccc(C)cc2)cc1. The molecule has 0 radical (unpaired) electrons. The molecule has 32 heavy (non-hydrogen) atoms. The van der Waals surface area contributed by atoms with Gasteiger partial charge in [0.2, 0.25) is 5.91 Å². The van der Waals surface area contributed by atoms with Crippen LogP contribution in [-0.4, -0.2) is 25.0 Å². The van der Waals surface area contributed by atoms with Crippen LogP contribution in [0.25, 0.3) is 0 Å². The average molecular weight is 433 g/mol. The number of rotatable bonds is 7. The zero-order chi connectivity index (χ0) is 22.5. The van der Waals surface area contributed by atoms with E-state index in [1.165, 1.54) is 11.2 Å². The third-order valence-corrected chi connectivity index (χ3v) is 5.90. The number of ether oxygens (including phenoxy) is 1. The van der Waals surface area contributed by atoms with Crippen LogP contribution in [-0.2, 0) is 4.79 Å². The Bertz CT molecular complexity index is 1040. The van der Waals surface area contributed by atoms with Crippen molar-refractivity contribution in [3.63, 3.8) is 0 Å². The Hall–Kier alpha value is -3.54. The van der Waals surface area contributed by atoms with Gasteiger partial charge in [-0.15, -0.1) is 0 Å². The maximum absolute atomic E-state index is 13.6. The molecule has 166 valence electrons. The fourth-order valence-corrected chi connectivity index (χ4v) is 4.16. The molecule has 2 aromatic carbocycles. The van der Waals surface area contributed by atoms with Crippen LogP contribution in [0.1, 0.15) is 53.4 Å². The van der Waals surface area contributed by atoms with Crippen LogP contribution in [0.3, 0.4) is 0 Å². The van der Waals surface area contributed by atoms with Crippen LogP contribution < -0.4 is 15.0 Å². The van der Waals surface area contributed by atoms with Crippen molar-refractivity contribution >= 4 is 17.5 Å². The lowest BCUT2D eigenvalue weighted by molar-refractivity contribution is -0.123. The minimum Gasteiger partial charge on any atom is -0.497 e. The minimum absolute atomic E-state index is 0.131. The fourth-order valence-electron chi connectivity index (χ4n) is 4.16. The number of hydrogen-bond donors (Lipinski definition) is 1. The number of carbonyl (C=O) groups excluding carboxylic acids is 2. The Morgan fingerprint density at radius 1 is 1.03 bits per heavy atom. The standard InChI is InChI=1S/C26H28N2O4/c1-18-9-11-19(12-10-18)24(25(29)27-20-6-3-4-7-20)28(26(30)23-8-5-17-32-23)21-13-15-22(31-2)16-14-21/h5,8-17,20,24H,3-4,6-7H2,1-2H3,(H,27,29). The van der Waals surface area contributed by atoms with Crippen molar-refractivity contribution in [3.05, 3.63) is 83.8 Å². The minimum atomic E-state index is -0.845. The largest absolute Gasteiger partial charge is 0.497 e. The number of amides is 2. The maximum atomic E-state index is 13.6. The highest BCUT2D eigenvalue weighted by Crippen LogP contribution is 2.32. The van der Waals surface area contributed by atoms with E-state index in [1.54, 1.807) is 43.5 Å². The van der Waals surface area contributed by atoms with Gasteiger partial charge in [0, 0.05) is 11.7 Å². The molecule has 0 spiro atoms. The molecule has 1 unspecified atom stereocenters. The van der Waals surface area contributed by atoms with Crippen LogP contribution in [0.2, 0.25) is 0 Å². The zero-order valence-corrected chi connectivity index (χ0v) is 18.4. The van der Waals surface area contributed by atoms with Crippen LogP contribution >= 0.6 is 0 Å². The maximum Gasteiger partial charge on any atom is 0.294 e. The number of nitrogens with one attached hydrogen (secondary N) is 1. The molecule has 2 amide bonds. The Morgan fingerprint density at radius 3 is 2.31 bits per heavy atom. The van der Waals surface area contributed by atoms with E-state index in [4.69, 9.17) is 9.15 Å². The lowest BCUT2D eigenvalue weighted by Crippen LogP contribution is -2.46. The summed E-state index contributed by atoms with van der Waals surface area (Å²) >= 11 is 0. The van der Waals surface area contributed by atoms with Crippen LogP contribution in [0, 0.1) is 6.92 Å². The van der Waals surface area contributed by atoms with Crippen molar-refractivity contribution in [2.75, 3.05) is 12.0 Å². The third kappa shape index (κ3) is 4.69. The lowest BCUT2D eigenvalue weighted by Gasteiger charge is -2.32. The van der Waals surface area contributed by atoms with Crippen molar-refractivity contribution in [3.8, 4) is 5.75 Å². The van der Waals surface area contributed by atoms with E-state index in [9.17, 15) is 9.59 Å². The highest BCUT2D eigenvalue weighted by atomic mass is 16.5. The van der Waals surface area contributed by atoms with Gasteiger partial charge in [0.1, 0.15) is 11.8 Å². The fraction of sp³-hybridized carbons (Fsp3) is 0.308. The first-order valence-electron chi connectivity index (χ1n) is 10.9. The molecule has 6 nitrogen and oxygen atoms in total. The summed E-state index contributed by atoms with van der Waals surface area (Å²) in [6.45, 7) is 1.99. The molecule has 1 aromatic heterocycles. The van der Waals surface area contributed by atoms with Crippen molar-refractivity contribution in [2.24, 2.45) is 0 Å². The van der Waals surface area contributed by atoms with E-state index in [2.05, 4.69) is 5.32 Å². The third-order valence-electron chi connectivity index (χ3n) is 5.90. The van der Waals surface area contributed by atoms with Gasteiger partial charge in [-0.05, 0) is 61.7 Å². The summed E-state index contributed by atoms with van der Waals surface area (Å²) in [6.07, 6.45) is 5.59.